The first-order chi connectivity index (χ1) is 6.86. The molecule has 0 bridgehead atoms. The molecule has 14 heavy (non-hydrogen) atoms. The lowest BCUT2D eigenvalue weighted by molar-refractivity contribution is -0.112. The van der Waals surface area contributed by atoms with Crippen LogP contribution in [0.3, 0.4) is 0 Å². The van der Waals surface area contributed by atoms with Crippen molar-refractivity contribution in [1.29, 1.82) is 0 Å². The number of hydrogen-bond acceptors (Lipinski definition) is 2. The molecule has 0 aliphatic heterocycles. The average molecular weight is 202 g/mol. The molecule has 0 saturated heterocycles. The molecule has 2 nitrogen and oxygen atoms in total. The highest BCUT2D eigenvalue weighted by Gasteiger charge is 2.18. The summed E-state index contributed by atoms with van der Waals surface area (Å²) in [6.45, 7) is 6.24. The third-order valence-corrected chi connectivity index (χ3v) is 2.66. The molecule has 0 unspecified atom stereocenters. The molecule has 1 saturated carbocycles. The number of carbonyl (C=O) groups is 1. The molecule has 0 amide bonds. The van der Waals surface area contributed by atoms with Crippen molar-refractivity contribution in [3.63, 3.8) is 0 Å². The summed E-state index contributed by atoms with van der Waals surface area (Å²) in [6.07, 6.45) is 7.27. The molecule has 0 heterocycles. The Balaban J connectivity index is 0. The fraction of sp³-hybridized carbons (Fsp3) is 0.917. The van der Waals surface area contributed by atoms with Gasteiger partial charge in [-0.15, -0.1) is 0 Å². The lowest BCUT2D eigenvalue weighted by Gasteiger charge is -2.23. The smallest absolute Gasteiger partial charge is 0.123 e. The molecule has 2 heteroatoms. The van der Waals surface area contributed by atoms with Crippen molar-refractivity contribution in [2.45, 2.75) is 52.9 Å². The van der Waals surface area contributed by atoms with Crippen LogP contribution in [0.15, 0.2) is 0 Å². The quantitative estimate of drug-likeness (QED) is 0.699. The maximum atomic E-state index is 10.4. The zero-order chi connectivity index (χ0) is 11.4. The first-order valence-electron chi connectivity index (χ1n) is 5.76. The number of hydrogen-bond donors (Lipinski definition) is 1. The van der Waals surface area contributed by atoms with E-state index < -0.39 is 0 Å². The summed E-state index contributed by atoms with van der Waals surface area (Å²) >= 11 is 0. The molecule has 1 N–H and O–H groups in total. The van der Waals surface area contributed by atoms with Gasteiger partial charge in [-0.05, 0) is 31.6 Å². The molecule has 1 rings (SSSR count). The molecule has 1 aliphatic carbocycles. The van der Waals surface area contributed by atoms with E-state index in [2.05, 4.69) is 6.92 Å². The van der Waals surface area contributed by atoms with Gasteiger partial charge in [-0.1, -0.05) is 27.2 Å². The highest BCUT2D eigenvalue weighted by atomic mass is 16.2. The first-order valence-corrected chi connectivity index (χ1v) is 5.76. The Hall–Kier alpha value is -0.370. The second-order valence-corrected chi connectivity index (χ2v) is 3.33. The van der Waals surface area contributed by atoms with Crippen molar-refractivity contribution in [3.05, 3.63) is 0 Å². The van der Waals surface area contributed by atoms with E-state index in [-0.39, 0.29) is 0 Å². The van der Waals surface area contributed by atoms with Gasteiger partial charge in [-0.2, -0.15) is 0 Å². The molecule has 1 aliphatic rings. The Bertz CT molecular complexity index is 105. The van der Waals surface area contributed by atoms with Gasteiger partial charge in [0.05, 0.1) is 0 Å². The Morgan fingerprint density at radius 2 is 1.57 bits per heavy atom. The van der Waals surface area contributed by atoms with E-state index in [1.165, 1.54) is 19.3 Å². The average Bonchev–Trinajstić information content (AvgIpc) is 2.34. The van der Waals surface area contributed by atoms with Gasteiger partial charge >= 0.3 is 0 Å². The van der Waals surface area contributed by atoms with Crippen LogP contribution in [0, 0.1) is 11.8 Å². The number of aldehydes is 1. The Labute approximate surface area is 88.7 Å². The van der Waals surface area contributed by atoms with Gasteiger partial charge in [0, 0.05) is 13.0 Å². The number of carbonyl (C=O) groups excluding carboxylic acids is 1. The third-order valence-electron chi connectivity index (χ3n) is 2.66. The molecule has 0 aromatic carbocycles. The zero-order valence-electron chi connectivity index (χ0n) is 10.1. The SMILES string of the molecule is CC.CCC1CCC(C=O)CC1.CO. The van der Waals surface area contributed by atoms with Gasteiger partial charge in [-0.3, -0.25) is 0 Å². The van der Waals surface area contributed by atoms with Crippen molar-refractivity contribution < 1.29 is 9.90 Å². The van der Waals surface area contributed by atoms with Crippen molar-refractivity contribution in [2.75, 3.05) is 7.11 Å². The van der Waals surface area contributed by atoms with Crippen LogP contribution < -0.4 is 0 Å². The topological polar surface area (TPSA) is 37.3 Å². The van der Waals surface area contributed by atoms with Gasteiger partial charge in [0.15, 0.2) is 0 Å². The summed E-state index contributed by atoms with van der Waals surface area (Å²) in [7, 11) is 1.00. The van der Waals surface area contributed by atoms with Crippen LogP contribution in [-0.4, -0.2) is 18.5 Å². The van der Waals surface area contributed by atoms with Gasteiger partial charge in [0.1, 0.15) is 6.29 Å². The molecule has 0 atom stereocenters. The fourth-order valence-corrected chi connectivity index (χ4v) is 1.73. The highest BCUT2D eigenvalue weighted by molar-refractivity contribution is 5.53. The van der Waals surface area contributed by atoms with Crippen LogP contribution in [0.5, 0.6) is 0 Å². The number of aliphatic hydroxyl groups is 1. The summed E-state index contributed by atoms with van der Waals surface area (Å²) < 4.78 is 0. The monoisotopic (exact) mass is 202 g/mol. The van der Waals surface area contributed by atoms with Gasteiger partial charge in [-0.25, -0.2) is 0 Å². The lowest BCUT2D eigenvalue weighted by atomic mass is 9.82. The third kappa shape index (κ3) is 7.07. The van der Waals surface area contributed by atoms with Gasteiger partial charge < -0.3 is 9.90 Å². The van der Waals surface area contributed by atoms with Gasteiger partial charge in [0.25, 0.3) is 0 Å². The zero-order valence-corrected chi connectivity index (χ0v) is 10.1. The Kier molecular flexibility index (Phi) is 14.5. The first kappa shape index (κ1) is 16.1. The maximum Gasteiger partial charge on any atom is 0.123 e. The summed E-state index contributed by atoms with van der Waals surface area (Å²) in [6, 6.07) is 0. The molecule has 0 aromatic rings. The second kappa shape index (κ2) is 12.6. The number of rotatable bonds is 2. The maximum absolute atomic E-state index is 10.4. The summed E-state index contributed by atoms with van der Waals surface area (Å²) in [4.78, 5) is 10.4. The molecular formula is C12H26O2. The van der Waals surface area contributed by atoms with Crippen molar-refractivity contribution in [2.24, 2.45) is 11.8 Å². The lowest BCUT2D eigenvalue weighted by Crippen LogP contribution is -2.14. The molecule has 0 aromatic heterocycles. The highest BCUT2D eigenvalue weighted by Crippen LogP contribution is 2.29. The van der Waals surface area contributed by atoms with E-state index >= 15 is 0 Å². The van der Waals surface area contributed by atoms with Crippen molar-refractivity contribution in [3.8, 4) is 0 Å². The minimum atomic E-state index is 0.391. The van der Waals surface area contributed by atoms with Crippen molar-refractivity contribution in [1.82, 2.24) is 0 Å². The van der Waals surface area contributed by atoms with Crippen LogP contribution >= 0.6 is 0 Å². The van der Waals surface area contributed by atoms with E-state index in [1.54, 1.807) is 0 Å². The molecular weight excluding hydrogens is 176 g/mol. The van der Waals surface area contributed by atoms with E-state index in [0.717, 1.165) is 32.2 Å². The van der Waals surface area contributed by atoms with Crippen LogP contribution in [0.2, 0.25) is 0 Å². The number of aliphatic hydroxyl groups excluding tert-OH is 1. The molecule has 1 fully saturated rings. The van der Waals surface area contributed by atoms with Crippen LogP contribution in [0.25, 0.3) is 0 Å². The molecule has 86 valence electrons. The summed E-state index contributed by atoms with van der Waals surface area (Å²) in [5, 5.41) is 7.00. The minimum Gasteiger partial charge on any atom is -0.400 e. The normalized spacial score (nSPS) is 24.9. The fourth-order valence-electron chi connectivity index (χ4n) is 1.73. The molecule has 0 radical (unpaired) electrons. The summed E-state index contributed by atoms with van der Waals surface area (Å²) in [5.41, 5.74) is 0. The standard InChI is InChI=1S/C9H16O.C2H6.CH4O/c1-2-8-3-5-9(7-10)6-4-8;2*1-2/h7-9H,2-6H2,1H3;1-2H3;2H,1H3. The molecule has 0 spiro atoms. The van der Waals surface area contributed by atoms with Crippen molar-refractivity contribution >= 4 is 6.29 Å². The predicted octanol–water partition coefficient (Wildman–Crippen LogP) is 3.04. The Morgan fingerprint density at radius 1 is 1.14 bits per heavy atom. The van der Waals surface area contributed by atoms with Crippen LogP contribution in [0.1, 0.15) is 52.9 Å². The van der Waals surface area contributed by atoms with Crippen LogP contribution in [-0.2, 0) is 4.79 Å². The largest absolute Gasteiger partial charge is 0.400 e. The van der Waals surface area contributed by atoms with E-state index in [9.17, 15) is 4.79 Å². The van der Waals surface area contributed by atoms with Gasteiger partial charge in [0.2, 0.25) is 0 Å². The second-order valence-electron chi connectivity index (χ2n) is 3.33. The van der Waals surface area contributed by atoms with E-state index in [1.807, 2.05) is 13.8 Å². The van der Waals surface area contributed by atoms with E-state index in [4.69, 9.17) is 5.11 Å². The summed E-state index contributed by atoms with van der Waals surface area (Å²) in [5.74, 6) is 1.30. The Morgan fingerprint density at radius 3 is 1.86 bits per heavy atom. The predicted molar refractivity (Wildman–Crippen MR) is 61.3 cm³/mol. The minimum absolute atomic E-state index is 0.391. The van der Waals surface area contributed by atoms with Crippen LogP contribution in [0.4, 0.5) is 0 Å². The van der Waals surface area contributed by atoms with E-state index in [0.29, 0.717) is 5.92 Å².